The quantitative estimate of drug-likeness (QED) is 0.754. The zero-order chi connectivity index (χ0) is 10.7. The van der Waals surface area contributed by atoms with E-state index in [9.17, 15) is 0 Å². The molecule has 0 bridgehead atoms. The lowest BCUT2D eigenvalue weighted by Gasteiger charge is -2.25. The molecule has 0 saturated carbocycles. The number of nitrogens with zero attached hydrogens (tertiary/aromatic N) is 2. The van der Waals surface area contributed by atoms with Gasteiger partial charge in [0.2, 0.25) is 0 Å². The first kappa shape index (κ1) is 10.4. The van der Waals surface area contributed by atoms with Crippen molar-refractivity contribution in [1.29, 1.82) is 0 Å². The Morgan fingerprint density at radius 2 is 2.07 bits per heavy atom. The van der Waals surface area contributed by atoms with Crippen LogP contribution in [0.5, 0.6) is 6.01 Å². The molecule has 1 saturated heterocycles. The number of hydrogen-bond acceptors (Lipinski definition) is 4. The number of rotatable bonds is 4. The first-order chi connectivity index (χ1) is 7.25. The lowest BCUT2D eigenvalue weighted by Crippen LogP contribution is -2.32. The van der Waals surface area contributed by atoms with Crippen LogP contribution >= 0.6 is 0 Å². The largest absolute Gasteiger partial charge is 0.463 e. The van der Waals surface area contributed by atoms with Crippen molar-refractivity contribution in [3.63, 3.8) is 0 Å². The molecule has 0 N–H and O–H groups in total. The highest BCUT2D eigenvalue weighted by molar-refractivity contribution is 5.11. The lowest BCUT2D eigenvalue weighted by atomic mass is 10.1. The van der Waals surface area contributed by atoms with E-state index in [0.717, 1.165) is 18.8 Å². The van der Waals surface area contributed by atoms with Gasteiger partial charge in [-0.2, -0.15) is 0 Å². The van der Waals surface area contributed by atoms with E-state index in [0.29, 0.717) is 24.5 Å². The average molecular weight is 208 g/mol. The Balaban J connectivity index is 1.86. The normalized spacial score (nSPS) is 16.5. The summed E-state index contributed by atoms with van der Waals surface area (Å²) in [5.41, 5.74) is 1.13. The van der Waals surface area contributed by atoms with E-state index in [2.05, 4.69) is 23.8 Å². The summed E-state index contributed by atoms with van der Waals surface area (Å²) < 4.78 is 10.5. The van der Waals surface area contributed by atoms with Crippen LogP contribution in [0.15, 0.2) is 12.4 Å². The Labute approximate surface area is 89.6 Å². The molecule has 4 heteroatoms. The fourth-order valence-electron chi connectivity index (χ4n) is 1.27. The van der Waals surface area contributed by atoms with Gasteiger partial charge in [-0.1, -0.05) is 13.8 Å². The van der Waals surface area contributed by atoms with Gasteiger partial charge >= 0.3 is 6.01 Å². The van der Waals surface area contributed by atoms with E-state index in [-0.39, 0.29) is 0 Å². The van der Waals surface area contributed by atoms with Gasteiger partial charge in [-0.05, 0) is 11.5 Å². The summed E-state index contributed by atoms with van der Waals surface area (Å²) >= 11 is 0. The van der Waals surface area contributed by atoms with E-state index in [1.165, 1.54) is 0 Å². The maximum Gasteiger partial charge on any atom is 0.316 e. The second-order valence-electron chi connectivity index (χ2n) is 4.17. The van der Waals surface area contributed by atoms with Crippen molar-refractivity contribution < 1.29 is 9.47 Å². The third kappa shape index (κ3) is 2.65. The van der Waals surface area contributed by atoms with Crippen LogP contribution in [0.25, 0.3) is 0 Å². The van der Waals surface area contributed by atoms with Crippen LogP contribution in [-0.4, -0.2) is 29.8 Å². The van der Waals surface area contributed by atoms with Crippen molar-refractivity contribution in [2.45, 2.75) is 19.8 Å². The minimum atomic E-state index is 0.457. The van der Waals surface area contributed by atoms with Gasteiger partial charge in [-0.3, -0.25) is 0 Å². The van der Waals surface area contributed by atoms with Crippen LogP contribution in [0.3, 0.4) is 0 Å². The molecular weight excluding hydrogens is 192 g/mol. The molecule has 15 heavy (non-hydrogen) atoms. The van der Waals surface area contributed by atoms with Crippen LogP contribution in [0.4, 0.5) is 0 Å². The summed E-state index contributed by atoms with van der Waals surface area (Å²) in [4.78, 5) is 8.31. The van der Waals surface area contributed by atoms with Crippen molar-refractivity contribution in [2.75, 3.05) is 19.8 Å². The Morgan fingerprint density at radius 1 is 1.40 bits per heavy atom. The summed E-state index contributed by atoms with van der Waals surface area (Å²) in [5, 5.41) is 0. The molecule has 0 atom stereocenters. The highest BCUT2D eigenvalue weighted by atomic mass is 16.5. The molecule has 1 aliphatic heterocycles. The molecule has 0 amide bonds. The smallest absolute Gasteiger partial charge is 0.316 e. The zero-order valence-electron chi connectivity index (χ0n) is 9.14. The summed E-state index contributed by atoms with van der Waals surface area (Å²) in [6, 6.07) is 0.464. The van der Waals surface area contributed by atoms with Gasteiger partial charge < -0.3 is 9.47 Å². The van der Waals surface area contributed by atoms with Gasteiger partial charge in [0.1, 0.15) is 0 Å². The first-order valence-corrected chi connectivity index (χ1v) is 5.28. The van der Waals surface area contributed by atoms with Crippen molar-refractivity contribution in [1.82, 2.24) is 9.97 Å². The van der Waals surface area contributed by atoms with Crippen LogP contribution in [0.1, 0.15) is 25.3 Å². The van der Waals surface area contributed by atoms with Crippen LogP contribution < -0.4 is 4.74 Å². The second-order valence-corrected chi connectivity index (χ2v) is 4.17. The molecule has 1 aromatic heterocycles. The molecule has 1 fully saturated rings. The Hall–Kier alpha value is -1.16. The van der Waals surface area contributed by atoms with E-state index in [1.807, 2.05) is 12.4 Å². The van der Waals surface area contributed by atoms with Crippen LogP contribution in [-0.2, 0) is 4.74 Å². The topological polar surface area (TPSA) is 44.2 Å². The molecule has 0 aliphatic carbocycles. The monoisotopic (exact) mass is 208 g/mol. The molecule has 2 heterocycles. The van der Waals surface area contributed by atoms with Crippen molar-refractivity contribution in [3.8, 4) is 6.01 Å². The summed E-state index contributed by atoms with van der Waals surface area (Å²) in [7, 11) is 0. The third-order valence-corrected chi connectivity index (χ3v) is 2.47. The Kier molecular flexibility index (Phi) is 3.16. The molecule has 1 aliphatic rings. The van der Waals surface area contributed by atoms with E-state index in [1.54, 1.807) is 0 Å². The van der Waals surface area contributed by atoms with Crippen molar-refractivity contribution in [2.24, 2.45) is 5.92 Å². The van der Waals surface area contributed by atoms with Crippen molar-refractivity contribution >= 4 is 0 Å². The molecule has 1 aromatic rings. The molecule has 4 nitrogen and oxygen atoms in total. The number of ether oxygens (including phenoxy) is 2. The van der Waals surface area contributed by atoms with Gasteiger partial charge in [0, 0.05) is 18.3 Å². The zero-order valence-corrected chi connectivity index (χ0v) is 9.14. The molecule has 0 aromatic carbocycles. The lowest BCUT2D eigenvalue weighted by molar-refractivity contribution is -0.0520. The van der Waals surface area contributed by atoms with E-state index < -0.39 is 0 Å². The maximum absolute atomic E-state index is 5.44. The molecule has 2 rings (SSSR count). The predicted octanol–water partition coefficient (Wildman–Crippen LogP) is 1.63. The van der Waals surface area contributed by atoms with Gasteiger partial charge in [-0.25, -0.2) is 9.97 Å². The molecule has 0 radical (unpaired) electrons. The minimum Gasteiger partial charge on any atom is -0.463 e. The summed E-state index contributed by atoms with van der Waals surface area (Å²) in [6.45, 7) is 6.48. The minimum absolute atomic E-state index is 0.457. The van der Waals surface area contributed by atoms with Gasteiger partial charge in [0.05, 0.1) is 19.8 Å². The number of aromatic nitrogens is 2. The summed E-state index contributed by atoms with van der Waals surface area (Å²) in [6.07, 6.45) is 3.65. The third-order valence-electron chi connectivity index (χ3n) is 2.47. The SMILES string of the molecule is CC(C)c1cnc(OCC2COC2)nc1. The average Bonchev–Trinajstić information content (AvgIpc) is 2.16. The van der Waals surface area contributed by atoms with Crippen LogP contribution in [0, 0.1) is 5.92 Å². The maximum atomic E-state index is 5.44. The Bertz CT molecular complexity index is 307. The molecule has 0 unspecified atom stereocenters. The second kappa shape index (κ2) is 4.57. The van der Waals surface area contributed by atoms with Gasteiger partial charge in [-0.15, -0.1) is 0 Å². The van der Waals surface area contributed by atoms with Gasteiger partial charge in [0.15, 0.2) is 0 Å². The molecule has 82 valence electrons. The van der Waals surface area contributed by atoms with Gasteiger partial charge in [0.25, 0.3) is 0 Å². The van der Waals surface area contributed by atoms with E-state index >= 15 is 0 Å². The van der Waals surface area contributed by atoms with Crippen LogP contribution in [0.2, 0.25) is 0 Å². The van der Waals surface area contributed by atoms with E-state index in [4.69, 9.17) is 9.47 Å². The number of hydrogen-bond donors (Lipinski definition) is 0. The highest BCUT2D eigenvalue weighted by Gasteiger charge is 2.19. The van der Waals surface area contributed by atoms with Crippen molar-refractivity contribution in [3.05, 3.63) is 18.0 Å². The predicted molar refractivity (Wildman–Crippen MR) is 55.9 cm³/mol. The fraction of sp³-hybridized carbons (Fsp3) is 0.636. The molecular formula is C11H16N2O2. The fourth-order valence-corrected chi connectivity index (χ4v) is 1.27. The standard InChI is InChI=1S/C11H16N2O2/c1-8(2)10-3-12-11(13-4-10)15-7-9-5-14-6-9/h3-4,8-9H,5-7H2,1-2H3. The Morgan fingerprint density at radius 3 is 2.53 bits per heavy atom. The first-order valence-electron chi connectivity index (χ1n) is 5.28. The summed E-state index contributed by atoms with van der Waals surface area (Å²) in [5.74, 6) is 0.970. The highest BCUT2D eigenvalue weighted by Crippen LogP contribution is 2.14. The molecule has 0 spiro atoms.